The minimum Gasteiger partial charge on any atom is -0.356 e. The van der Waals surface area contributed by atoms with E-state index < -0.39 is 0 Å². The summed E-state index contributed by atoms with van der Waals surface area (Å²) in [6.07, 6.45) is 6.65. The van der Waals surface area contributed by atoms with E-state index in [1.165, 1.54) is 28.5 Å². The first-order valence-electron chi connectivity index (χ1n) is 7.67. The van der Waals surface area contributed by atoms with E-state index in [-0.39, 0.29) is 0 Å². The van der Waals surface area contributed by atoms with Crippen LogP contribution in [-0.2, 0) is 12.8 Å². The molecular weight excluding hydrogens is 300 g/mol. The molecule has 2 heterocycles. The molecule has 1 aromatic heterocycles. The maximum atomic E-state index is 4.44. The molecule has 0 spiro atoms. The number of nitrogens with one attached hydrogen (secondary N) is 2. The molecule has 1 atom stereocenters. The van der Waals surface area contributed by atoms with Crippen molar-refractivity contribution in [3.8, 4) is 0 Å². The minimum atomic E-state index is 0.364. The normalized spacial score (nSPS) is 22.5. The molecule has 1 aliphatic rings. The highest BCUT2D eigenvalue weighted by molar-refractivity contribution is 8.00. The van der Waals surface area contributed by atoms with Crippen molar-refractivity contribution in [2.45, 2.75) is 44.3 Å². The van der Waals surface area contributed by atoms with Gasteiger partial charge in [-0.05, 0) is 31.9 Å². The number of rotatable bonds is 6. The second kappa shape index (κ2) is 8.03. The van der Waals surface area contributed by atoms with Gasteiger partial charge in [0.1, 0.15) is 0 Å². The molecule has 1 fully saturated rings. The van der Waals surface area contributed by atoms with Gasteiger partial charge in [-0.15, -0.1) is 11.3 Å². The lowest BCUT2D eigenvalue weighted by Gasteiger charge is -2.24. The van der Waals surface area contributed by atoms with E-state index in [1.807, 2.05) is 24.6 Å². The van der Waals surface area contributed by atoms with Gasteiger partial charge in [0, 0.05) is 42.4 Å². The van der Waals surface area contributed by atoms with E-state index in [0.29, 0.717) is 4.75 Å². The highest BCUT2D eigenvalue weighted by atomic mass is 32.2. The standard InChI is InChI=1S/C15H26N4S2/c1-4-12-10-18-13(21-12)6-8-17-14(16-3)19-11-15(2)7-5-9-20-15/h10H,4-9,11H2,1-3H3,(H2,16,17,19). The number of hydrogen-bond donors (Lipinski definition) is 2. The molecule has 0 radical (unpaired) electrons. The Balaban J connectivity index is 1.70. The van der Waals surface area contributed by atoms with Gasteiger partial charge in [0.2, 0.25) is 0 Å². The Bertz CT molecular complexity index is 464. The molecule has 0 bridgehead atoms. The van der Waals surface area contributed by atoms with Gasteiger partial charge >= 0.3 is 0 Å². The molecule has 2 N–H and O–H groups in total. The van der Waals surface area contributed by atoms with E-state index >= 15 is 0 Å². The summed E-state index contributed by atoms with van der Waals surface area (Å²) in [4.78, 5) is 10.1. The summed E-state index contributed by atoms with van der Waals surface area (Å²) < 4.78 is 0.364. The third-order valence-corrected chi connectivity index (χ3v) is 6.47. The van der Waals surface area contributed by atoms with E-state index in [0.717, 1.165) is 31.9 Å². The Morgan fingerprint density at radius 2 is 2.33 bits per heavy atom. The summed E-state index contributed by atoms with van der Waals surface area (Å²) in [7, 11) is 1.83. The Morgan fingerprint density at radius 3 is 2.95 bits per heavy atom. The van der Waals surface area contributed by atoms with Gasteiger partial charge < -0.3 is 10.6 Å². The van der Waals surface area contributed by atoms with Crippen molar-refractivity contribution in [1.29, 1.82) is 0 Å². The van der Waals surface area contributed by atoms with Crippen LogP contribution in [0.5, 0.6) is 0 Å². The van der Waals surface area contributed by atoms with Crippen molar-refractivity contribution in [1.82, 2.24) is 15.6 Å². The monoisotopic (exact) mass is 326 g/mol. The zero-order chi connectivity index (χ0) is 15.1. The van der Waals surface area contributed by atoms with Gasteiger partial charge in [-0.25, -0.2) is 4.98 Å². The number of hydrogen-bond acceptors (Lipinski definition) is 4. The first-order valence-corrected chi connectivity index (χ1v) is 9.47. The molecular formula is C15H26N4S2. The van der Waals surface area contributed by atoms with Gasteiger partial charge in [-0.2, -0.15) is 11.8 Å². The van der Waals surface area contributed by atoms with Crippen LogP contribution in [0, 0.1) is 0 Å². The van der Waals surface area contributed by atoms with Crippen LogP contribution in [0.1, 0.15) is 36.6 Å². The molecule has 0 aliphatic carbocycles. The number of thioether (sulfide) groups is 1. The first-order chi connectivity index (χ1) is 10.1. The molecule has 1 aromatic rings. The molecule has 6 heteroatoms. The average Bonchev–Trinajstić information content (AvgIpc) is 3.12. The predicted octanol–water partition coefficient (Wildman–Crippen LogP) is 2.70. The largest absolute Gasteiger partial charge is 0.356 e. The van der Waals surface area contributed by atoms with E-state index in [1.54, 1.807) is 0 Å². The van der Waals surface area contributed by atoms with Gasteiger partial charge in [0.15, 0.2) is 5.96 Å². The van der Waals surface area contributed by atoms with Crippen molar-refractivity contribution >= 4 is 29.1 Å². The number of aromatic nitrogens is 1. The Hall–Kier alpha value is -0.750. The van der Waals surface area contributed by atoms with Crippen molar-refractivity contribution in [2.75, 3.05) is 25.9 Å². The number of thiazole rings is 1. The van der Waals surface area contributed by atoms with Gasteiger partial charge in [0.25, 0.3) is 0 Å². The van der Waals surface area contributed by atoms with Crippen LogP contribution in [-0.4, -0.2) is 41.6 Å². The van der Waals surface area contributed by atoms with Crippen LogP contribution in [0.3, 0.4) is 0 Å². The second-order valence-electron chi connectivity index (χ2n) is 5.58. The van der Waals surface area contributed by atoms with Crippen LogP contribution in [0.2, 0.25) is 0 Å². The molecule has 4 nitrogen and oxygen atoms in total. The maximum Gasteiger partial charge on any atom is 0.191 e. The lowest BCUT2D eigenvalue weighted by molar-refractivity contribution is 0.584. The van der Waals surface area contributed by atoms with Crippen molar-refractivity contribution in [2.24, 2.45) is 4.99 Å². The maximum absolute atomic E-state index is 4.44. The van der Waals surface area contributed by atoms with Crippen LogP contribution in [0.25, 0.3) is 0 Å². The predicted molar refractivity (Wildman–Crippen MR) is 94.7 cm³/mol. The van der Waals surface area contributed by atoms with Crippen LogP contribution in [0.15, 0.2) is 11.2 Å². The number of nitrogens with zero attached hydrogens (tertiary/aromatic N) is 2. The summed E-state index contributed by atoms with van der Waals surface area (Å²) in [5.74, 6) is 2.18. The fourth-order valence-electron chi connectivity index (χ4n) is 2.38. The zero-order valence-corrected chi connectivity index (χ0v) is 14.9. The lowest BCUT2D eigenvalue weighted by atomic mass is 10.1. The average molecular weight is 327 g/mol. The summed E-state index contributed by atoms with van der Waals surface area (Å²) in [6.45, 7) is 6.37. The topological polar surface area (TPSA) is 49.3 Å². The molecule has 0 aromatic carbocycles. The van der Waals surface area contributed by atoms with Gasteiger partial charge in [0.05, 0.1) is 5.01 Å². The highest BCUT2D eigenvalue weighted by Crippen LogP contribution is 2.36. The summed E-state index contributed by atoms with van der Waals surface area (Å²) >= 11 is 3.88. The SMILES string of the molecule is CCc1cnc(CCNC(=NC)NCC2(C)CCCS2)s1. The van der Waals surface area contributed by atoms with Gasteiger partial charge in [-0.3, -0.25) is 4.99 Å². The van der Waals surface area contributed by atoms with Crippen LogP contribution >= 0.6 is 23.1 Å². The molecule has 1 unspecified atom stereocenters. The molecule has 2 rings (SSSR count). The number of aliphatic imine (C=N–C) groups is 1. The first kappa shape index (κ1) is 16.6. The summed E-state index contributed by atoms with van der Waals surface area (Å²) in [5, 5.41) is 8.04. The van der Waals surface area contributed by atoms with Crippen LogP contribution < -0.4 is 10.6 Å². The van der Waals surface area contributed by atoms with Crippen molar-refractivity contribution in [3.63, 3.8) is 0 Å². The number of guanidine groups is 1. The third kappa shape index (κ3) is 5.18. The van der Waals surface area contributed by atoms with E-state index in [2.05, 4.69) is 46.2 Å². The number of aryl methyl sites for hydroxylation is 1. The minimum absolute atomic E-state index is 0.364. The zero-order valence-electron chi connectivity index (χ0n) is 13.2. The Kier molecular flexibility index (Phi) is 6.36. The summed E-state index contributed by atoms with van der Waals surface area (Å²) in [5.41, 5.74) is 0. The van der Waals surface area contributed by atoms with Crippen molar-refractivity contribution < 1.29 is 0 Å². The molecule has 21 heavy (non-hydrogen) atoms. The molecule has 0 saturated carbocycles. The van der Waals surface area contributed by atoms with E-state index in [4.69, 9.17) is 0 Å². The van der Waals surface area contributed by atoms with Crippen LogP contribution in [0.4, 0.5) is 0 Å². The van der Waals surface area contributed by atoms with E-state index in [9.17, 15) is 0 Å². The second-order valence-corrected chi connectivity index (χ2v) is 8.46. The highest BCUT2D eigenvalue weighted by Gasteiger charge is 2.29. The summed E-state index contributed by atoms with van der Waals surface area (Å²) in [6, 6.07) is 0. The molecule has 0 amide bonds. The lowest BCUT2D eigenvalue weighted by Crippen LogP contribution is -2.44. The third-order valence-electron chi connectivity index (χ3n) is 3.74. The molecule has 1 saturated heterocycles. The van der Waals surface area contributed by atoms with Gasteiger partial charge in [-0.1, -0.05) is 6.92 Å². The molecule has 118 valence electrons. The molecule has 1 aliphatic heterocycles. The Labute approximate surface area is 136 Å². The fourth-order valence-corrected chi connectivity index (χ4v) is 4.49. The Morgan fingerprint density at radius 1 is 1.48 bits per heavy atom. The van der Waals surface area contributed by atoms with Crippen molar-refractivity contribution in [3.05, 3.63) is 16.1 Å². The quantitative estimate of drug-likeness (QED) is 0.623. The smallest absolute Gasteiger partial charge is 0.191 e. The fraction of sp³-hybridized carbons (Fsp3) is 0.733.